The largest absolute Gasteiger partial charge is 0.504 e. The second kappa shape index (κ2) is 7.16. The highest BCUT2D eigenvalue weighted by atomic mass is 16.6. The molecule has 2 bridgehead atoms. The molecule has 0 aromatic heterocycles. The van der Waals surface area contributed by atoms with E-state index in [1.165, 1.54) is 37.7 Å². The van der Waals surface area contributed by atoms with Crippen molar-refractivity contribution >= 4 is 5.71 Å². The zero-order valence-electron chi connectivity index (χ0n) is 20.7. The van der Waals surface area contributed by atoms with Crippen LogP contribution in [0.4, 0.5) is 0 Å². The normalized spacial score (nSPS) is 43.1. The van der Waals surface area contributed by atoms with Gasteiger partial charge in [-0.05, 0) is 101 Å². The summed E-state index contributed by atoms with van der Waals surface area (Å²) in [7, 11) is 0. The minimum atomic E-state index is -0.826. The second-order valence-electron chi connectivity index (χ2n) is 12.8. The third kappa shape index (κ3) is 2.66. The minimum absolute atomic E-state index is 0.127. The van der Waals surface area contributed by atoms with Crippen LogP contribution in [0.2, 0.25) is 0 Å². The lowest BCUT2D eigenvalue weighted by atomic mass is 9.41. The first-order valence-corrected chi connectivity index (χ1v) is 14.3. The van der Waals surface area contributed by atoms with Crippen molar-refractivity contribution in [3.8, 4) is 11.5 Å². The van der Waals surface area contributed by atoms with Crippen LogP contribution in [-0.4, -0.2) is 57.8 Å². The average Bonchev–Trinajstić information content (AvgIpc) is 3.59. The molecule has 188 valence electrons. The Bertz CT molecular complexity index is 1090. The molecule has 8 rings (SSSR count). The molecule has 2 heterocycles. The van der Waals surface area contributed by atoms with Crippen LogP contribution < -0.4 is 4.74 Å². The highest BCUT2D eigenvalue weighted by Gasteiger charge is 2.77. The van der Waals surface area contributed by atoms with Gasteiger partial charge in [-0.25, -0.2) is 0 Å². The average molecular weight is 479 g/mol. The lowest BCUT2D eigenvalue weighted by Crippen LogP contribution is -2.79. The standard InChI is InChI=1S/C29H38N2O4/c32-21-9-8-19-16-23-29(33)13-12-27(11-10-22(27)30-35-20-4-2-1-3-5-20)26-28(29,24(19)25(21)34-26)14-15-31(23)17-18-6-7-18/h8-9,18,20,23,26,32-33H,1-7,10-17H2. The van der Waals surface area contributed by atoms with E-state index in [2.05, 4.69) is 11.0 Å². The van der Waals surface area contributed by atoms with Gasteiger partial charge in [0.25, 0.3) is 0 Å². The summed E-state index contributed by atoms with van der Waals surface area (Å²) >= 11 is 0. The molecule has 2 aliphatic heterocycles. The lowest BCUT2D eigenvalue weighted by Gasteiger charge is -2.68. The first kappa shape index (κ1) is 21.3. The van der Waals surface area contributed by atoms with Gasteiger partial charge < -0.3 is 19.8 Å². The quantitative estimate of drug-likeness (QED) is 0.626. The molecule has 1 aromatic rings. The topological polar surface area (TPSA) is 74.5 Å². The zero-order chi connectivity index (χ0) is 23.4. The molecule has 7 aliphatic rings. The van der Waals surface area contributed by atoms with E-state index in [-0.39, 0.29) is 29.4 Å². The Hall–Kier alpha value is -1.79. The van der Waals surface area contributed by atoms with Crippen molar-refractivity contribution in [2.45, 2.75) is 113 Å². The van der Waals surface area contributed by atoms with Gasteiger partial charge in [0.15, 0.2) is 11.5 Å². The van der Waals surface area contributed by atoms with E-state index in [4.69, 9.17) is 14.7 Å². The molecule has 5 atom stereocenters. The van der Waals surface area contributed by atoms with Gasteiger partial charge in [-0.3, -0.25) is 4.90 Å². The lowest BCUT2D eigenvalue weighted by molar-refractivity contribution is -0.211. The van der Waals surface area contributed by atoms with E-state index in [9.17, 15) is 10.2 Å². The molecule has 35 heavy (non-hydrogen) atoms. The molecule has 1 aromatic carbocycles. The number of hydrogen-bond acceptors (Lipinski definition) is 6. The van der Waals surface area contributed by atoms with Crippen molar-refractivity contribution in [3.05, 3.63) is 23.3 Å². The smallest absolute Gasteiger partial charge is 0.165 e. The van der Waals surface area contributed by atoms with Crippen LogP contribution >= 0.6 is 0 Å². The van der Waals surface area contributed by atoms with E-state index in [0.717, 1.165) is 81.6 Å². The van der Waals surface area contributed by atoms with Gasteiger partial charge >= 0.3 is 0 Å². The van der Waals surface area contributed by atoms with Crippen LogP contribution in [0.15, 0.2) is 17.3 Å². The summed E-state index contributed by atoms with van der Waals surface area (Å²) in [5, 5.41) is 28.4. The van der Waals surface area contributed by atoms with Crippen molar-refractivity contribution in [2.24, 2.45) is 16.5 Å². The van der Waals surface area contributed by atoms with E-state index in [0.29, 0.717) is 5.75 Å². The molecule has 5 aliphatic carbocycles. The number of hydrogen-bond donors (Lipinski definition) is 2. The number of benzene rings is 1. The molecule has 4 saturated carbocycles. The third-order valence-corrected chi connectivity index (χ3v) is 11.2. The fraction of sp³-hybridized carbons (Fsp3) is 0.759. The number of oxime groups is 1. The van der Waals surface area contributed by atoms with Gasteiger partial charge in [0, 0.05) is 18.2 Å². The maximum Gasteiger partial charge on any atom is 0.165 e. The van der Waals surface area contributed by atoms with Gasteiger partial charge in [-0.15, -0.1) is 0 Å². The number of phenols is 1. The van der Waals surface area contributed by atoms with E-state index in [1.54, 1.807) is 0 Å². The van der Waals surface area contributed by atoms with Crippen molar-refractivity contribution in [1.82, 2.24) is 4.90 Å². The molecule has 6 heteroatoms. The molecule has 6 nitrogen and oxygen atoms in total. The van der Waals surface area contributed by atoms with E-state index in [1.807, 2.05) is 6.07 Å². The number of ether oxygens (including phenoxy) is 1. The Balaban J connectivity index is 1.21. The number of rotatable bonds is 4. The predicted molar refractivity (Wildman–Crippen MR) is 132 cm³/mol. The van der Waals surface area contributed by atoms with Crippen LogP contribution in [0.1, 0.15) is 88.2 Å². The predicted octanol–water partition coefficient (Wildman–Crippen LogP) is 4.44. The van der Waals surface area contributed by atoms with Crippen LogP contribution in [0, 0.1) is 11.3 Å². The van der Waals surface area contributed by atoms with Crippen molar-refractivity contribution in [3.63, 3.8) is 0 Å². The molecular formula is C29H38N2O4. The van der Waals surface area contributed by atoms with Crippen molar-refractivity contribution < 1.29 is 19.8 Å². The molecule has 2 N–H and O–H groups in total. The van der Waals surface area contributed by atoms with Crippen LogP contribution in [0.3, 0.4) is 0 Å². The monoisotopic (exact) mass is 478 g/mol. The summed E-state index contributed by atoms with van der Waals surface area (Å²) in [6.07, 6.45) is 14.1. The molecule has 2 spiro atoms. The summed E-state index contributed by atoms with van der Waals surface area (Å²) in [6, 6.07) is 4.03. The number of piperidine rings is 1. The number of phenolic OH excluding ortho intramolecular Hbond substituents is 1. The Labute approximate surface area is 207 Å². The van der Waals surface area contributed by atoms with Crippen LogP contribution in [0.25, 0.3) is 0 Å². The van der Waals surface area contributed by atoms with Crippen LogP contribution in [-0.2, 0) is 16.7 Å². The molecule has 5 unspecified atom stereocenters. The van der Waals surface area contributed by atoms with Crippen molar-refractivity contribution in [2.75, 3.05) is 13.1 Å². The van der Waals surface area contributed by atoms with E-state index < -0.39 is 11.0 Å². The van der Waals surface area contributed by atoms with Gasteiger partial charge in [-0.2, -0.15) is 0 Å². The second-order valence-corrected chi connectivity index (χ2v) is 12.8. The van der Waals surface area contributed by atoms with Gasteiger partial charge in [0.05, 0.1) is 22.1 Å². The number of aromatic hydroxyl groups is 1. The Morgan fingerprint density at radius 2 is 1.91 bits per heavy atom. The van der Waals surface area contributed by atoms with Gasteiger partial charge in [0.2, 0.25) is 0 Å². The first-order valence-electron chi connectivity index (χ1n) is 14.3. The Morgan fingerprint density at radius 1 is 1.06 bits per heavy atom. The summed E-state index contributed by atoms with van der Waals surface area (Å²) in [5.41, 5.74) is 2.04. The SMILES string of the molecule is Oc1ccc2c3c1OC1C4(CCC4=NOC4CCCCC4)CCC4(O)C(C2)N(CC2CC2)CCC314. The third-order valence-electron chi connectivity index (χ3n) is 11.2. The Kier molecular flexibility index (Phi) is 4.36. The molecule has 1 saturated heterocycles. The minimum Gasteiger partial charge on any atom is -0.504 e. The summed E-state index contributed by atoms with van der Waals surface area (Å²) in [6.45, 7) is 2.11. The molecule has 5 fully saturated rings. The van der Waals surface area contributed by atoms with Crippen molar-refractivity contribution in [1.29, 1.82) is 0 Å². The summed E-state index contributed by atoms with van der Waals surface area (Å²) < 4.78 is 6.82. The maximum absolute atomic E-state index is 12.7. The highest BCUT2D eigenvalue weighted by Crippen LogP contribution is 2.71. The number of likely N-dealkylation sites (tertiary alicyclic amines) is 1. The zero-order valence-corrected chi connectivity index (χ0v) is 20.7. The molecule has 0 radical (unpaired) electrons. The number of fused-ring (bicyclic) bond motifs is 1. The number of nitrogens with zero attached hydrogens (tertiary/aromatic N) is 2. The summed E-state index contributed by atoms with van der Waals surface area (Å²) in [5.74, 6) is 1.66. The van der Waals surface area contributed by atoms with Gasteiger partial charge in [-0.1, -0.05) is 17.6 Å². The highest BCUT2D eigenvalue weighted by molar-refractivity contribution is 5.96. The fourth-order valence-corrected chi connectivity index (χ4v) is 9.16. The fourth-order valence-electron chi connectivity index (χ4n) is 9.16. The number of aliphatic hydroxyl groups is 1. The maximum atomic E-state index is 12.7. The van der Waals surface area contributed by atoms with Crippen LogP contribution in [0.5, 0.6) is 11.5 Å². The Morgan fingerprint density at radius 3 is 2.69 bits per heavy atom. The molecular weight excluding hydrogens is 440 g/mol. The first-order chi connectivity index (χ1) is 17.1. The van der Waals surface area contributed by atoms with Gasteiger partial charge in [0.1, 0.15) is 12.2 Å². The summed E-state index contributed by atoms with van der Waals surface area (Å²) in [4.78, 5) is 8.74. The van der Waals surface area contributed by atoms with E-state index >= 15 is 0 Å². The molecule has 0 amide bonds.